The quantitative estimate of drug-likeness (QED) is 0.803. The van der Waals surface area contributed by atoms with Crippen LogP contribution in [-0.2, 0) is 0 Å². The molecule has 3 aromatic rings. The molecule has 0 aliphatic carbocycles. The number of benzene rings is 2. The molecule has 0 saturated heterocycles. The topological polar surface area (TPSA) is 73.3 Å². The Labute approximate surface area is 131 Å². The summed E-state index contributed by atoms with van der Waals surface area (Å²) in [6, 6.07) is 10.4. The van der Waals surface area contributed by atoms with Crippen LogP contribution in [0.5, 0.6) is 11.5 Å². The van der Waals surface area contributed by atoms with Crippen molar-refractivity contribution in [3.05, 3.63) is 62.8 Å². The lowest BCUT2D eigenvalue weighted by Crippen LogP contribution is -2.34. The average molecular weight is 312 g/mol. The van der Waals surface area contributed by atoms with Gasteiger partial charge in [-0.25, -0.2) is 9.36 Å². The Morgan fingerprint density at radius 3 is 2.30 bits per heavy atom. The molecule has 0 fully saturated rings. The largest absolute Gasteiger partial charge is 0.493 e. The van der Waals surface area contributed by atoms with E-state index in [0.717, 1.165) is 10.1 Å². The Bertz CT molecular complexity index is 1000. The standard InChI is InChI=1S/C17H16N2O4/c1-10-6-4-5-7-13(10)19-16(20)11-8-14(22-2)15(23-3)9-12(11)18-17(19)21/h4-9H,1-3H3,(H,18,21). The van der Waals surface area contributed by atoms with E-state index in [9.17, 15) is 9.59 Å². The first-order valence-electron chi connectivity index (χ1n) is 7.04. The molecular formula is C17H16N2O4. The number of H-pyrrole nitrogens is 1. The molecule has 0 bridgehead atoms. The predicted octanol–water partition coefficient (Wildman–Crippen LogP) is 2.00. The van der Waals surface area contributed by atoms with Crippen LogP contribution in [-0.4, -0.2) is 23.8 Å². The predicted molar refractivity (Wildman–Crippen MR) is 88.0 cm³/mol. The SMILES string of the molecule is COc1cc2[nH]c(=O)n(-c3ccccc3C)c(=O)c2cc1OC. The summed E-state index contributed by atoms with van der Waals surface area (Å²) in [4.78, 5) is 27.9. The van der Waals surface area contributed by atoms with E-state index in [4.69, 9.17) is 9.47 Å². The van der Waals surface area contributed by atoms with E-state index in [-0.39, 0.29) is 0 Å². The van der Waals surface area contributed by atoms with Crippen molar-refractivity contribution < 1.29 is 9.47 Å². The summed E-state index contributed by atoms with van der Waals surface area (Å²) in [7, 11) is 2.99. The third-order valence-corrected chi connectivity index (χ3v) is 3.76. The second-order valence-corrected chi connectivity index (χ2v) is 5.11. The van der Waals surface area contributed by atoms with Crippen LogP contribution in [0.3, 0.4) is 0 Å². The number of aromatic nitrogens is 2. The molecule has 0 atom stereocenters. The molecule has 2 aromatic carbocycles. The van der Waals surface area contributed by atoms with Crippen LogP contribution in [0, 0.1) is 6.92 Å². The second-order valence-electron chi connectivity index (χ2n) is 5.11. The van der Waals surface area contributed by atoms with Gasteiger partial charge in [-0.05, 0) is 24.6 Å². The van der Waals surface area contributed by atoms with E-state index < -0.39 is 11.2 Å². The number of ether oxygens (including phenoxy) is 2. The smallest absolute Gasteiger partial charge is 0.333 e. The number of fused-ring (bicyclic) bond motifs is 1. The third kappa shape index (κ3) is 2.38. The lowest BCUT2D eigenvalue weighted by atomic mass is 10.2. The van der Waals surface area contributed by atoms with E-state index in [2.05, 4.69) is 4.98 Å². The monoisotopic (exact) mass is 312 g/mol. The molecule has 0 unspecified atom stereocenters. The highest BCUT2D eigenvalue weighted by molar-refractivity contribution is 5.82. The Kier molecular flexibility index (Phi) is 3.65. The Hall–Kier alpha value is -3.02. The molecule has 6 nitrogen and oxygen atoms in total. The normalized spacial score (nSPS) is 10.7. The zero-order valence-electron chi connectivity index (χ0n) is 13.0. The van der Waals surface area contributed by atoms with Crippen molar-refractivity contribution in [3.8, 4) is 17.2 Å². The van der Waals surface area contributed by atoms with E-state index >= 15 is 0 Å². The summed E-state index contributed by atoms with van der Waals surface area (Å²) < 4.78 is 11.6. The molecule has 0 saturated carbocycles. The molecule has 1 aromatic heterocycles. The van der Waals surface area contributed by atoms with Crippen molar-refractivity contribution in [2.45, 2.75) is 6.92 Å². The van der Waals surface area contributed by atoms with Crippen LogP contribution in [0.15, 0.2) is 46.0 Å². The molecule has 118 valence electrons. The van der Waals surface area contributed by atoms with Crippen molar-refractivity contribution >= 4 is 10.9 Å². The molecular weight excluding hydrogens is 296 g/mol. The summed E-state index contributed by atoms with van der Waals surface area (Å²) in [5.74, 6) is 0.879. The number of hydrogen-bond acceptors (Lipinski definition) is 4. The van der Waals surface area contributed by atoms with Crippen LogP contribution in [0.25, 0.3) is 16.6 Å². The average Bonchev–Trinajstić information content (AvgIpc) is 2.55. The summed E-state index contributed by atoms with van der Waals surface area (Å²) >= 11 is 0. The minimum absolute atomic E-state index is 0.352. The lowest BCUT2D eigenvalue weighted by molar-refractivity contribution is 0.355. The number of nitrogens with zero attached hydrogens (tertiary/aromatic N) is 1. The zero-order valence-corrected chi connectivity index (χ0v) is 13.0. The minimum atomic E-state index is -0.496. The Balaban J connectivity index is 2.41. The van der Waals surface area contributed by atoms with E-state index in [1.54, 1.807) is 24.3 Å². The molecule has 3 rings (SSSR count). The van der Waals surface area contributed by atoms with Gasteiger partial charge in [0, 0.05) is 6.07 Å². The maximum atomic E-state index is 12.8. The van der Waals surface area contributed by atoms with E-state index in [1.165, 1.54) is 14.2 Å². The van der Waals surface area contributed by atoms with Gasteiger partial charge in [-0.3, -0.25) is 4.79 Å². The van der Waals surface area contributed by atoms with Crippen LogP contribution in [0.4, 0.5) is 0 Å². The van der Waals surface area contributed by atoms with Gasteiger partial charge in [-0.2, -0.15) is 0 Å². The van der Waals surface area contributed by atoms with Crippen LogP contribution < -0.4 is 20.7 Å². The molecule has 23 heavy (non-hydrogen) atoms. The van der Waals surface area contributed by atoms with Crippen molar-refractivity contribution in [3.63, 3.8) is 0 Å². The van der Waals surface area contributed by atoms with Gasteiger partial charge < -0.3 is 14.5 Å². The van der Waals surface area contributed by atoms with Gasteiger partial charge >= 0.3 is 5.69 Å². The number of rotatable bonds is 3. The highest BCUT2D eigenvalue weighted by Crippen LogP contribution is 2.29. The zero-order chi connectivity index (χ0) is 16.6. The summed E-state index contributed by atoms with van der Waals surface area (Å²) in [5.41, 5.74) is 0.890. The number of hydrogen-bond donors (Lipinski definition) is 1. The van der Waals surface area contributed by atoms with Crippen molar-refractivity contribution in [2.24, 2.45) is 0 Å². The fraction of sp³-hybridized carbons (Fsp3) is 0.176. The molecule has 0 aliphatic rings. The maximum Gasteiger partial charge on any atom is 0.333 e. The fourth-order valence-corrected chi connectivity index (χ4v) is 2.58. The van der Waals surface area contributed by atoms with Crippen molar-refractivity contribution in [1.29, 1.82) is 0 Å². The summed E-state index contributed by atoms with van der Waals surface area (Å²) in [6.07, 6.45) is 0. The van der Waals surface area contributed by atoms with Gasteiger partial charge in [-0.15, -0.1) is 0 Å². The van der Waals surface area contributed by atoms with E-state index in [0.29, 0.717) is 28.1 Å². The summed E-state index contributed by atoms with van der Waals surface area (Å²) in [5, 5.41) is 0.352. The Morgan fingerprint density at radius 2 is 1.65 bits per heavy atom. The van der Waals surface area contributed by atoms with Gasteiger partial charge in [0.25, 0.3) is 5.56 Å². The van der Waals surface area contributed by atoms with Crippen LogP contribution in [0.2, 0.25) is 0 Å². The molecule has 0 aliphatic heterocycles. The first-order chi connectivity index (χ1) is 11.1. The molecule has 0 spiro atoms. The van der Waals surface area contributed by atoms with Gasteiger partial charge in [0.2, 0.25) is 0 Å². The second kappa shape index (κ2) is 5.64. The van der Waals surface area contributed by atoms with Gasteiger partial charge in [-0.1, -0.05) is 18.2 Å². The number of para-hydroxylation sites is 1. The highest BCUT2D eigenvalue weighted by Gasteiger charge is 2.14. The number of aromatic amines is 1. The molecule has 1 heterocycles. The van der Waals surface area contributed by atoms with Crippen LogP contribution >= 0.6 is 0 Å². The fourth-order valence-electron chi connectivity index (χ4n) is 2.58. The molecule has 6 heteroatoms. The van der Waals surface area contributed by atoms with Gasteiger partial charge in [0.1, 0.15) is 0 Å². The first kappa shape index (κ1) is 14.9. The lowest BCUT2D eigenvalue weighted by Gasteiger charge is -2.11. The maximum absolute atomic E-state index is 12.8. The van der Waals surface area contributed by atoms with Crippen molar-refractivity contribution in [2.75, 3.05) is 14.2 Å². The van der Waals surface area contributed by atoms with Gasteiger partial charge in [0.05, 0.1) is 30.8 Å². The number of nitrogens with one attached hydrogen (secondary N) is 1. The van der Waals surface area contributed by atoms with Gasteiger partial charge in [0.15, 0.2) is 11.5 Å². The number of aryl methyl sites for hydroxylation is 1. The highest BCUT2D eigenvalue weighted by atomic mass is 16.5. The van der Waals surface area contributed by atoms with Crippen LogP contribution in [0.1, 0.15) is 5.56 Å². The molecule has 1 N–H and O–H groups in total. The van der Waals surface area contributed by atoms with E-state index in [1.807, 2.05) is 19.1 Å². The van der Waals surface area contributed by atoms with Crippen molar-refractivity contribution in [1.82, 2.24) is 9.55 Å². The third-order valence-electron chi connectivity index (χ3n) is 3.76. The molecule has 0 amide bonds. The Morgan fingerprint density at radius 1 is 1.00 bits per heavy atom. The number of methoxy groups -OCH3 is 2. The molecule has 0 radical (unpaired) electrons. The first-order valence-corrected chi connectivity index (χ1v) is 7.04. The summed E-state index contributed by atoms with van der Waals surface area (Å²) in [6.45, 7) is 1.85. The minimum Gasteiger partial charge on any atom is -0.493 e.